The maximum absolute atomic E-state index is 13.0. The molecule has 0 spiro atoms. The smallest absolute Gasteiger partial charge is 0.464 e. The van der Waals surface area contributed by atoms with E-state index in [0.717, 1.165) is 12.1 Å². The fourth-order valence-corrected chi connectivity index (χ4v) is 4.05. The maximum atomic E-state index is 13.0. The minimum atomic E-state index is -4.90. The van der Waals surface area contributed by atoms with Gasteiger partial charge in [0.15, 0.2) is 11.5 Å². The molecule has 4 rings (SSSR count). The van der Waals surface area contributed by atoms with E-state index in [4.69, 9.17) is 26.8 Å². The Morgan fingerprint density at radius 1 is 1.14 bits per heavy atom. The van der Waals surface area contributed by atoms with Gasteiger partial charge in [0.05, 0.1) is 12.8 Å². The highest BCUT2D eigenvalue weighted by atomic mass is 35.5. The molecule has 1 unspecified atom stereocenters. The lowest BCUT2D eigenvalue weighted by atomic mass is 10.2. The molecule has 1 atom stereocenters. The van der Waals surface area contributed by atoms with E-state index in [0.29, 0.717) is 30.1 Å². The SMILES string of the molecule is COC(=O)c1c(N2CCCC2C(N)=O)nc(Oc2cccc(OC(F)(F)F)c2)n1-c1ccc(Cl)cc1. The number of nitrogens with two attached hydrogens (primary N) is 1. The van der Waals surface area contributed by atoms with E-state index in [9.17, 15) is 22.8 Å². The van der Waals surface area contributed by atoms with Gasteiger partial charge in [-0.15, -0.1) is 13.2 Å². The summed E-state index contributed by atoms with van der Waals surface area (Å²) in [7, 11) is 1.18. The number of methoxy groups -OCH3 is 1. The van der Waals surface area contributed by atoms with Crippen LogP contribution in [0.25, 0.3) is 5.69 Å². The molecule has 2 aromatic carbocycles. The Morgan fingerprint density at radius 3 is 2.47 bits per heavy atom. The zero-order valence-corrected chi connectivity index (χ0v) is 19.5. The highest BCUT2D eigenvalue weighted by Crippen LogP contribution is 2.37. The quantitative estimate of drug-likeness (QED) is 0.455. The van der Waals surface area contributed by atoms with Crippen LogP contribution in [0.4, 0.5) is 19.0 Å². The molecule has 1 aromatic heterocycles. The minimum absolute atomic E-state index is 0.0483. The Labute approximate surface area is 208 Å². The number of hydrogen-bond acceptors (Lipinski definition) is 7. The zero-order valence-electron chi connectivity index (χ0n) is 18.8. The van der Waals surface area contributed by atoms with Gasteiger partial charge in [0.25, 0.3) is 0 Å². The van der Waals surface area contributed by atoms with Gasteiger partial charge >= 0.3 is 18.3 Å². The summed E-state index contributed by atoms with van der Waals surface area (Å²) in [6.07, 6.45) is -3.82. The standard InChI is InChI=1S/C23H20ClF3N4O5/c1-34-21(33)18-20(30-11-3-6-17(30)19(28)32)29-22(31(18)14-9-7-13(24)8-10-14)35-15-4-2-5-16(12-15)36-23(25,26)27/h2,4-5,7-10,12,17H,3,6,11H2,1H3,(H2,28,32). The molecule has 1 fully saturated rings. The lowest BCUT2D eigenvalue weighted by Crippen LogP contribution is -2.41. The van der Waals surface area contributed by atoms with Gasteiger partial charge in [-0.25, -0.2) is 4.79 Å². The van der Waals surface area contributed by atoms with E-state index in [-0.39, 0.29) is 23.3 Å². The number of aromatic nitrogens is 2. The number of imidazole rings is 1. The molecule has 2 N–H and O–H groups in total. The second-order valence-electron chi connectivity index (χ2n) is 7.75. The maximum Gasteiger partial charge on any atom is 0.573 e. The first kappa shape index (κ1) is 25.2. The van der Waals surface area contributed by atoms with Gasteiger partial charge in [-0.1, -0.05) is 17.7 Å². The van der Waals surface area contributed by atoms with Crippen LogP contribution in [-0.4, -0.2) is 47.5 Å². The molecular weight excluding hydrogens is 505 g/mol. The molecule has 1 aliphatic rings. The second-order valence-corrected chi connectivity index (χ2v) is 8.18. The Morgan fingerprint density at radius 2 is 1.83 bits per heavy atom. The summed E-state index contributed by atoms with van der Waals surface area (Å²) in [5, 5.41) is 0.423. The van der Waals surface area contributed by atoms with Crippen molar-refractivity contribution < 1.29 is 37.0 Å². The van der Waals surface area contributed by atoms with Crippen LogP contribution in [0, 0.1) is 0 Å². The molecule has 1 aliphatic heterocycles. The summed E-state index contributed by atoms with van der Waals surface area (Å²) in [5.41, 5.74) is 5.89. The average Bonchev–Trinajstić information content (AvgIpc) is 3.43. The first-order valence-electron chi connectivity index (χ1n) is 10.6. The first-order valence-corrected chi connectivity index (χ1v) is 11.0. The number of anilines is 1. The van der Waals surface area contributed by atoms with E-state index >= 15 is 0 Å². The molecular formula is C23H20ClF3N4O5. The number of benzene rings is 2. The van der Waals surface area contributed by atoms with E-state index in [1.165, 1.54) is 23.8 Å². The van der Waals surface area contributed by atoms with Crippen molar-refractivity contribution in [1.82, 2.24) is 9.55 Å². The van der Waals surface area contributed by atoms with E-state index < -0.39 is 30.0 Å². The van der Waals surface area contributed by atoms with Crippen molar-refractivity contribution in [2.45, 2.75) is 25.2 Å². The molecule has 1 saturated heterocycles. The van der Waals surface area contributed by atoms with Crippen LogP contribution < -0.4 is 20.1 Å². The van der Waals surface area contributed by atoms with Crippen molar-refractivity contribution in [2.75, 3.05) is 18.6 Å². The molecule has 13 heteroatoms. The summed E-state index contributed by atoms with van der Waals surface area (Å²) in [6, 6.07) is 10.2. The third-order valence-corrected chi connectivity index (χ3v) is 5.65. The molecule has 2 heterocycles. The molecule has 190 valence electrons. The Hall–Kier alpha value is -3.93. The van der Waals surface area contributed by atoms with Crippen molar-refractivity contribution in [1.29, 1.82) is 0 Å². The number of carbonyl (C=O) groups excluding carboxylic acids is 2. The highest BCUT2D eigenvalue weighted by Gasteiger charge is 2.37. The van der Waals surface area contributed by atoms with Crippen LogP contribution in [0.2, 0.25) is 5.02 Å². The third-order valence-electron chi connectivity index (χ3n) is 5.39. The topological polar surface area (TPSA) is 109 Å². The number of alkyl halides is 3. The number of ether oxygens (including phenoxy) is 3. The average molecular weight is 525 g/mol. The van der Waals surface area contributed by atoms with Crippen molar-refractivity contribution in [3.8, 4) is 23.2 Å². The molecule has 0 saturated carbocycles. The van der Waals surface area contributed by atoms with Crippen LogP contribution in [0.5, 0.6) is 17.5 Å². The van der Waals surface area contributed by atoms with Crippen LogP contribution in [0.3, 0.4) is 0 Å². The zero-order chi connectivity index (χ0) is 26.0. The van der Waals surface area contributed by atoms with E-state index in [1.54, 1.807) is 29.2 Å². The summed E-state index contributed by atoms with van der Waals surface area (Å²) in [6.45, 7) is 0.379. The predicted molar refractivity (Wildman–Crippen MR) is 123 cm³/mol. The number of primary amides is 1. The summed E-state index contributed by atoms with van der Waals surface area (Å²) in [4.78, 5) is 31.0. The number of nitrogens with zero attached hydrogens (tertiary/aromatic N) is 3. The number of halogens is 4. The Balaban J connectivity index is 1.87. The van der Waals surface area contributed by atoms with Crippen molar-refractivity contribution in [3.05, 3.63) is 59.2 Å². The van der Waals surface area contributed by atoms with Crippen LogP contribution >= 0.6 is 11.6 Å². The van der Waals surface area contributed by atoms with Crippen LogP contribution in [0.15, 0.2) is 48.5 Å². The second kappa shape index (κ2) is 9.97. The number of amides is 1. The third kappa shape index (κ3) is 5.33. The molecule has 0 bridgehead atoms. The first-order chi connectivity index (χ1) is 17.1. The van der Waals surface area contributed by atoms with Gasteiger partial charge in [0, 0.05) is 17.6 Å². The van der Waals surface area contributed by atoms with E-state index in [2.05, 4.69) is 9.72 Å². The van der Waals surface area contributed by atoms with Gasteiger partial charge in [0.2, 0.25) is 5.91 Å². The van der Waals surface area contributed by atoms with Crippen LogP contribution in [0.1, 0.15) is 23.3 Å². The summed E-state index contributed by atoms with van der Waals surface area (Å²) < 4.78 is 54.2. The fourth-order valence-electron chi connectivity index (χ4n) is 3.92. The Bertz CT molecular complexity index is 1280. The number of esters is 1. The lowest BCUT2D eigenvalue weighted by molar-refractivity contribution is -0.274. The van der Waals surface area contributed by atoms with Crippen LogP contribution in [-0.2, 0) is 9.53 Å². The molecule has 36 heavy (non-hydrogen) atoms. The van der Waals surface area contributed by atoms with Gasteiger partial charge in [-0.05, 0) is 49.2 Å². The fraction of sp³-hybridized carbons (Fsp3) is 0.261. The Kier molecular flexibility index (Phi) is 6.97. The highest BCUT2D eigenvalue weighted by molar-refractivity contribution is 6.30. The normalized spacial score (nSPS) is 15.6. The number of hydrogen-bond donors (Lipinski definition) is 1. The predicted octanol–water partition coefficient (Wildman–Crippen LogP) is 4.46. The van der Waals surface area contributed by atoms with Gasteiger partial charge in [0.1, 0.15) is 17.5 Å². The van der Waals surface area contributed by atoms with Gasteiger partial charge < -0.3 is 24.8 Å². The van der Waals surface area contributed by atoms with Crippen molar-refractivity contribution >= 4 is 29.3 Å². The van der Waals surface area contributed by atoms with Gasteiger partial charge in [-0.2, -0.15) is 4.98 Å². The largest absolute Gasteiger partial charge is 0.573 e. The van der Waals surface area contributed by atoms with Gasteiger partial charge in [-0.3, -0.25) is 9.36 Å². The lowest BCUT2D eigenvalue weighted by Gasteiger charge is -2.22. The van der Waals surface area contributed by atoms with Crippen molar-refractivity contribution in [3.63, 3.8) is 0 Å². The molecule has 1 amide bonds. The summed E-state index contributed by atoms with van der Waals surface area (Å²) >= 11 is 6.02. The number of carbonyl (C=O) groups is 2. The summed E-state index contributed by atoms with van der Waals surface area (Å²) in [5.74, 6) is -1.86. The number of rotatable bonds is 7. The molecule has 0 radical (unpaired) electrons. The van der Waals surface area contributed by atoms with E-state index in [1.807, 2.05) is 0 Å². The minimum Gasteiger partial charge on any atom is -0.464 e. The molecule has 3 aromatic rings. The monoisotopic (exact) mass is 524 g/mol. The van der Waals surface area contributed by atoms with Crippen molar-refractivity contribution in [2.24, 2.45) is 5.73 Å². The molecule has 9 nitrogen and oxygen atoms in total. The molecule has 0 aliphatic carbocycles.